The van der Waals surface area contributed by atoms with Crippen LogP contribution in [0.5, 0.6) is 0 Å². The first-order valence-corrected chi connectivity index (χ1v) is 7.65. The summed E-state index contributed by atoms with van der Waals surface area (Å²) in [6.45, 7) is 4.01. The third kappa shape index (κ3) is 3.35. The van der Waals surface area contributed by atoms with Crippen LogP contribution in [-0.2, 0) is 16.4 Å². The largest absolute Gasteiger partial charge is 0.379 e. The van der Waals surface area contributed by atoms with Crippen LogP contribution in [0.1, 0.15) is 18.4 Å². The zero-order chi connectivity index (χ0) is 13.9. The molecule has 5 nitrogen and oxygen atoms in total. The van der Waals surface area contributed by atoms with Crippen molar-refractivity contribution in [2.75, 3.05) is 11.1 Å². The topological polar surface area (TPSA) is 72.2 Å². The first-order chi connectivity index (χ1) is 9.01. The zero-order valence-corrected chi connectivity index (χ0v) is 11.7. The minimum absolute atomic E-state index is 0.109. The lowest BCUT2D eigenvalue weighted by Crippen LogP contribution is -2.04. The maximum atomic E-state index is 11.7. The smallest absolute Gasteiger partial charge is 0.178 e. The van der Waals surface area contributed by atoms with Crippen LogP contribution in [0.3, 0.4) is 0 Å². The van der Waals surface area contributed by atoms with E-state index in [4.69, 9.17) is 4.52 Å². The number of hydrogen-bond donors (Lipinski definition) is 1. The Morgan fingerprint density at radius 2 is 1.95 bits per heavy atom. The number of nitrogens with zero attached hydrogens (tertiary/aromatic N) is 1. The molecule has 6 heteroatoms. The van der Waals surface area contributed by atoms with Gasteiger partial charge in [-0.25, -0.2) is 8.42 Å². The molecule has 19 heavy (non-hydrogen) atoms. The van der Waals surface area contributed by atoms with Gasteiger partial charge < -0.3 is 9.84 Å². The number of benzene rings is 1. The molecule has 0 aliphatic rings. The highest BCUT2D eigenvalue weighted by atomic mass is 32.2. The number of anilines is 1. The minimum atomic E-state index is -3.13. The molecular formula is C13H16N2O3S. The van der Waals surface area contributed by atoms with Gasteiger partial charge in [0, 0.05) is 11.8 Å². The molecule has 0 atom stereocenters. The highest BCUT2D eigenvalue weighted by Gasteiger charge is 2.10. The molecule has 2 aromatic rings. The lowest BCUT2D eigenvalue weighted by molar-refractivity contribution is 0.391. The fourth-order valence-corrected chi connectivity index (χ4v) is 2.52. The van der Waals surface area contributed by atoms with Crippen molar-refractivity contribution in [3.63, 3.8) is 0 Å². The molecule has 0 saturated carbocycles. The quantitative estimate of drug-likeness (QED) is 0.910. The summed E-state index contributed by atoms with van der Waals surface area (Å²) in [4.78, 5) is 0.345. The van der Waals surface area contributed by atoms with E-state index < -0.39 is 9.84 Å². The molecule has 0 unspecified atom stereocenters. The SMILES string of the molecule is CCS(=O)(=O)c1ccc(NCc2cc(C)on2)cc1. The Morgan fingerprint density at radius 1 is 1.26 bits per heavy atom. The first-order valence-electron chi connectivity index (χ1n) is 6.00. The molecule has 0 spiro atoms. The van der Waals surface area contributed by atoms with Gasteiger partial charge >= 0.3 is 0 Å². The first kappa shape index (κ1) is 13.6. The summed E-state index contributed by atoms with van der Waals surface area (Å²) < 4.78 is 28.3. The van der Waals surface area contributed by atoms with Crippen LogP contribution in [-0.4, -0.2) is 19.3 Å². The van der Waals surface area contributed by atoms with Crippen LogP contribution in [0, 0.1) is 6.92 Å². The molecule has 0 aliphatic carbocycles. The van der Waals surface area contributed by atoms with E-state index in [2.05, 4.69) is 10.5 Å². The Morgan fingerprint density at radius 3 is 2.47 bits per heavy atom. The molecule has 0 radical (unpaired) electrons. The van der Waals surface area contributed by atoms with Crippen molar-refractivity contribution in [1.29, 1.82) is 0 Å². The molecule has 0 fully saturated rings. The number of hydrogen-bond acceptors (Lipinski definition) is 5. The van der Waals surface area contributed by atoms with Crippen molar-refractivity contribution in [1.82, 2.24) is 5.16 Å². The van der Waals surface area contributed by atoms with Gasteiger partial charge in [-0.2, -0.15) is 0 Å². The Balaban J connectivity index is 2.03. The lowest BCUT2D eigenvalue weighted by atomic mass is 10.3. The van der Waals surface area contributed by atoms with Gasteiger partial charge in [-0.15, -0.1) is 0 Å². The van der Waals surface area contributed by atoms with Crippen molar-refractivity contribution >= 4 is 15.5 Å². The summed E-state index contributed by atoms with van der Waals surface area (Å²) in [5.41, 5.74) is 1.65. The summed E-state index contributed by atoms with van der Waals surface area (Å²) in [7, 11) is -3.13. The third-order valence-corrected chi connectivity index (χ3v) is 4.49. The van der Waals surface area contributed by atoms with E-state index in [0.717, 1.165) is 17.1 Å². The number of sulfone groups is 1. The van der Waals surface area contributed by atoms with Crippen LogP contribution in [0.15, 0.2) is 39.8 Å². The van der Waals surface area contributed by atoms with E-state index >= 15 is 0 Å². The van der Waals surface area contributed by atoms with Crippen molar-refractivity contribution in [2.45, 2.75) is 25.3 Å². The number of aryl methyl sites for hydroxylation is 1. The molecule has 102 valence electrons. The summed E-state index contributed by atoms with van der Waals surface area (Å²) in [6.07, 6.45) is 0. The number of aromatic nitrogens is 1. The monoisotopic (exact) mass is 280 g/mol. The molecule has 1 N–H and O–H groups in total. The molecule has 1 aromatic carbocycles. The summed E-state index contributed by atoms with van der Waals surface area (Å²) in [5.74, 6) is 0.874. The van der Waals surface area contributed by atoms with Gasteiger partial charge in [-0.05, 0) is 31.2 Å². The highest BCUT2D eigenvalue weighted by molar-refractivity contribution is 7.91. The van der Waals surface area contributed by atoms with Crippen LogP contribution in [0.25, 0.3) is 0 Å². The maximum absolute atomic E-state index is 11.7. The van der Waals surface area contributed by atoms with Crippen LogP contribution in [0.4, 0.5) is 5.69 Å². The van der Waals surface area contributed by atoms with E-state index in [1.165, 1.54) is 0 Å². The molecule has 0 saturated heterocycles. The van der Waals surface area contributed by atoms with Gasteiger partial charge in [0.2, 0.25) is 0 Å². The fourth-order valence-electron chi connectivity index (χ4n) is 1.64. The fraction of sp³-hybridized carbons (Fsp3) is 0.308. The van der Waals surface area contributed by atoms with E-state index in [9.17, 15) is 8.42 Å². The van der Waals surface area contributed by atoms with E-state index in [1.807, 2.05) is 13.0 Å². The van der Waals surface area contributed by atoms with Gasteiger partial charge in [0.25, 0.3) is 0 Å². The van der Waals surface area contributed by atoms with Crippen LogP contribution >= 0.6 is 0 Å². The van der Waals surface area contributed by atoms with E-state index in [-0.39, 0.29) is 5.75 Å². The Labute approximate surface area is 112 Å². The van der Waals surface area contributed by atoms with Gasteiger partial charge in [0.05, 0.1) is 17.2 Å². The van der Waals surface area contributed by atoms with Crippen LogP contribution < -0.4 is 5.32 Å². The average Bonchev–Trinajstić information content (AvgIpc) is 2.83. The minimum Gasteiger partial charge on any atom is -0.379 e. The molecule has 0 aliphatic heterocycles. The Kier molecular flexibility index (Phi) is 3.90. The molecular weight excluding hydrogens is 264 g/mol. The molecule has 2 rings (SSSR count). The highest BCUT2D eigenvalue weighted by Crippen LogP contribution is 2.16. The van der Waals surface area contributed by atoms with Gasteiger partial charge in [-0.3, -0.25) is 0 Å². The summed E-state index contributed by atoms with van der Waals surface area (Å²) >= 11 is 0. The second kappa shape index (κ2) is 5.44. The molecule has 0 amide bonds. The Hall–Kier alpha value is -1.82. The predicted octanol–water partition coefficient (Wildman–Crippen LogP) is 2.39. The van der Waals surface area contributed by atoms with E-state index in [1.54, 1.807) is 31.2 Å². The standard InChI is InChI=1S/C13H16N2O3S/c1-3-19(16,17)13-6-4-11(5-7-13)14-9-12-8-10(2)18-15-12/h4-8,14H,3,9H2,1-2H3. The zero-order valence-electron chi connectivity index (χ0n) is 10.9. The van der Waals surface area contributed by atoms with Gasteiger partial charge in [-0.1, -0.05) is 12.1 Å². The molecule has 1 aromatic heterocycles. The van der Waals surface area contributed by atoms with Crippen molar-refractivity contribution < 1.29 is 12.9 Å². The Bertz CT molecular complexity index is 645. The van der Waals surface area contributed by atoms with Crippen molar-refractivity contribution in [3.8, 4) is 0 Å². The number of nitrogens with one attached hydrogen (secondary N) is 1. The second-order valence-electron chi connectivity index (χ2n) is 4.21. The normalized spacial score (nSPS) is 11.5. The van der Waals surface area contributed by atoms with Crippen LogP contribution in [0.2, 0.25) is 0 Å². The summed E-state index contributed by atoms with van der Waals surface area (Å²) in [5, 5.41) is 7.02. The number of rotatable bonds is 5. The maximum Gasteiger partial charge on any atom is 0.178 e. The molecule has 1 heterocycles. The van der Waals surface area contributed by atoms with E-state index in [0.29, 0.717) is 11.4 Å². The summed E-state index contributed by atoms with van der Waals surface area (Å²) in [6, 6.07) is 8.55. The predicted molar refractivity (Wildman–Crippen MR) is 72.7 cm³/mol. The van der Waals surface area contributed by atoms with Crippen molar-refractivity contribution in [2.24, 2.45) is 0 Å². The third-order valence-electron chi connectivity index (χ3n) is 2.74. The van der Waals surface area contributed by atoms with Crippen molar-refractivity contribution in [3.05, 3.63) is 41.8 Å². The lowest BCUT2D eigenvalue weighted by Gasteiger charge is -2.05. The van der Waals surface area contributed by atoms with Gasteiger partial charge in [0.15, 0.2) is 9.84 Å². The second-order valence-corrected chi connectivity index (χ2v) is 6.49. The average molecular weight is 280 g/mol. The molecule has 0 bridgehead atoms. The van der Waals surface area contributed by atoms with Gasteiger partial charge in [0.1, 0.15) is 11.5 Å².